The molecule has 0 spiro atoms. The van der Waals surface area contributed by atoms with E-state index >= 15 is 0 Å². The fraction of sp³-hybridized carbons (Fsp3) is 0. The lowest BCUT2D eigenvalue weighted by molar-refractivity contribution is -0.131. The minimum atomic E-state index is -0.986. The summed E-state index contributed by atoms with van der Waals surface area (Å²) in [6.45, 7) is 0. The summed E-state index contributed by atoms with van der Waals surface area (Å²) in [7, 11) is 0. The molecule has 102 valence electrons. The molecule has 0 fully saturated rings. The third-order valence-electron chi connectivity index (χ3n) is 2.40. The van der Waals surface area contributed by atoms with Crippen molar-refractivity contribution in [3.8, 4) is 11.5 Å². The van der Waals surface area contributed by atoms with Crippen molar-refractivity contribution >= 4 is 39.6 Å². The molecular weight excluding hydrogens is 344 g/mol. The number of hydrogen-bond donors (Lipinski definition) is 1. The summed E-state index contributed by atoms with van der Waals surface area (Å²) in [5.41, 5.74) is 0.762. The lowest BCUT2D eigenvalue weighted by Gasteiger charge is -2.08. The summed E-state index contributed by atoms with van der Waals surface area (Å²) < 4.78 is 6.43. The van der Waals surface area contributed by atoms with Crippen LogP contribution in [0, 0.1) is 0 Å². The van der Waals surface area contributed by atoms with Gasteiger partial charge in [-0.2, -0.15) is 0 Å². The second-order valence-corrected chi connectivity index (χ2v) is 5.21. The van der Waals surface area contributed by atoms with Gasteiger partial charge in [-0.1, -0.05) is 23.7 Å². The SMILES string of the molecule is O=C(O)/C=C/c1ccc(Oc2cccc(Cl)c2)c(Br)c1. The van der Waals surface area contributed by atoms with Crippen molar-refractivity contribution in [3.05, 3.63) is 63.6 Å². The highest BCUT2D eigenvalue weighted by atomic mass is 79.9. The van der Waals surface area contributed by atoms with Crippen molar-refractivity contribution in [2.24, 2.45) is 0 Å². The van der Waals surface area contributed by atoms with E-state index in [1.807, 2.05) is 0 Å². The number of carboxylic acids is 1. The molecule has 2 aromatic carbocycles. The van der Waals surface area contributed by atoms with Gasteiger partial charge in [0.25, 0.3) is 0 Å². The number of carboxylic acid groups (broad SMARTS) is 1. The maximum absolute atomic E-state index is 10.5. The Morgan fingerprint density at radius 1 is 1.25 bits per heavy atom. The molecule has 0 aliphatic carbocycles. The van der Waals surface area contributed by atoms with Gasteiger partial charge in [-0.15, -0.1) is 0 Å². The lowest BCUT2D eigenvalue weighted by atomic mass is 10.2. The van der Waals surface area contributed by atoms with Crippen molar-refractivity contribution < 1.29 is 14.6 Å². The van der Waals surface area contributed by atoms with Crippen LogP contribution in [0.4, 0.5) is 0 Å². The van der Waals surface area contributed by atoms with Crippen LogP contribution in [0.3, 0.4) is 0 Å². The largest absolute Gasteiger partial charge is 0.478 e. The summed E-state index contributed by atoms with van der Waals surface area (Å²) in [6, 6.07) is 12.4. The average molecular weight is 354 g/mol. The second kappa shape index (κ2) is 6.59. The van der Waals surface area contributed by atoms with Crippen LogP contribution in [-0.2, 0) is 4.79 Å². The smallest absolute Gasteiger partial charge is 0.328 e. The first-order valence-corrected chi connectivity index (χ1v) is 6.85. The Balaban J connectivity index is 2.20. The van der Waals surface area contributed by atoms with Crippen LogP contribution in [0.1, 0.15) is 5.56 Å². The first-order valence-electron chi connectivity index (χ1n) is 5.68. The van der Waals surface area contributed by atoms with Crippen LogP contribution in [0.25, 0.3) is 6.08 Å². The molecule has 0 aromatic heterocycles. The molecular formula is C15H10BrClO3. The molecule has 2 aromatic rings. The van der Waals surface area contributed by atoms with E-state index in [0.717, 1.165) is 16.1 Å². The fourth-order valence-electron chi connectivity index (χ4n) is 1.53. The summed E-state index contributed by atoms with van der Waals surface area (Å²) in [5, 5.41) is 9.18. The summed E-state index contributed by atoms with van der Waals surface area (Å²) >= 11 is 9.28. The standard InChI is InChI=1S/C15H10BrClO3/c16-13-8-10(5-7-15(18)19)4-6-14(13)20-12-3-1-2-11(17)9-12/h1-9H,(H,18,19)/b7-5+. The third kappa shape index (κ3) is 4.11. The molecule has 0 bridgehead atoms. The molecule has 0 unspecified atom stereocenters. The Morgan fingerprint density at radius 3 is 2.70 bits per heavy atom. The van der Waals surface area contributed by atoms with Crippen LogP contribution in [-0.4, -0.2) is 11.1 Å². The zero-order chi connectivity index (χ0) is 14.5. The molecule has 0 aliphatic heterocycles. The molecule has 2 rings (SSSR count). The summed E-state index contributed by atoms with van der Waals surface area (Å²) in [4.78, 5) is 10.5. The Labute approximate surface area is 129 Å². The minimum Gasteiger partial charge on any atom is -0.478 e. The lowest BCUT2D eigenvalue weighted by Crippen LogP contribution is -1.88. The molecule has 3 nitrogen and oxygen atoms in total. The van der Waals surface area contributed by atoms with E-state index in [9.17, 15) is 4.79 Å². The van der Waals surface area contributed by atoms with Crippen LogP contribution >= 0.6 is 27.5 Å². The maximum Gasteiger partial charge on any atom is 0.328 e. The number of halogens is 2. The van der Waals surface area contributed by atoms with Crippen LogP contribution in [0.5, 0.6) is 11.5 Å². The van der Waals surface area contributed by atoms with Gasteiger partial charge in [-0.3, -0.25) is 0 Å². The second-order valence-electron chi connectivity index (χ2n) is 3.92. The van der Waals surface area contributed by atoms with Gasteiger partial charge < -0.3 is 9.84 Å². The van der Waals surface area contributed by atoms with E-state index in [1.54, 1.807) is 42.5 Å². The van der Waals surface area contributed by atoms with Crippen LogP contribution in [0.15, 0.2) is 53.0 Å². The Morgan fingerprint density at radius 2 is 2.05 bits per heavy atom. The third-order valence-corrected chi connectivity index (χ3v) is 3.25. The quantitative estimate of drug-likeness (QED) is 0.787. The monoisotopic (exact) mass is 352 g/mol. The molecule has 1 N–H and O–H groups in total. The highest BCUT2D eigenvalue weighted by Crippen LogP contribution is 2.31. The predicted octanol–water partition coefficient (Wildman–Crippen LogP) is 4.99. The first-order chi connectivity index (χ1) is 9.54. The van der Waals surface area contributed by atoms with E-state index in [2.05, 4.69) is 15.9 Å². The van der Waals surface area contributed by atoms with E-state index in [4.69, 9.17) is 21.4 Å². The van der Waals surface area contributed by atoms with E-state index in [-0.39, 0.29) is 0 Å². The van der Waals surface area contributed by atoms with Crippen LogP contribution < -0.4 is 4.74 Å². The molecule has 20 heavy (non-hydrogen) atoms. The molecule has 0 saturated heterocycles. The van der Waals surface area contributed by atoms with Gasteiger partial charge in [0.05, 0.1) is 4.47 Å². The Hall–Kier alpha value is -1.78. The number of aliphatic carboxylic acids is 1. The zero-order valence-electron chi connectivity index (χ0n) is 10.2. The Bertz CT molecular complexity index is 668. The van der Waals surface area contributed by atoms with E-state index in [1.165, 1.54) is 6.08 Å². The van der Waals surface area contributed by atoms with Crippen molar-refractivity contribution in [2.45, 2.75) is 0 Å². The zero-order valence-corrected chi connectivity index (χ0v) is 12.6. The number of hydrogen-bond acceptors (Lipinski definition) is 2. The van der Waals surface area contributed by atoms with Gasteiger partial charge in [-0.25, -0.2) is 4.79 Å². The van der Waals surface area contributed by atoms with Gasteiger partial charge in [0.2, 0.25) is 0 Å². The molecule has 0 amide bonds. The number of benzene rings is 2. The van der Waals surface area contributed by atoms with Gasteiger partial charge in [0.1, 0.15) is 11.5 Å². The molecule has 0 saturated carbocycles. The van der Waals surface area contributed by atoms with Gasteiger partial charge >= 0.3 is 5.97 Å². The number of ether oxygens (including phenoxy) is 1. The van der Waals surface area contributed by atoms with Gasteiger partial charge in [0.15, 0.2) is 0 Å². The molecule has 0 atom stereocenters. The molecule has 0 aliphatic rings. The van der Waals surface area contributed by atoms with E-state index in [0.29, 0.717) is 16.5 Å². The van der Waals surface area contributed by atoms with Crippen molar-refractivity contribution in [1.82, 2.24) is 0 Å². The van der Waals surface area contributed by atoms with Crippen molar-refractivity contribution in [2.75, 3.05) is 0 Å². The Kier molecular flexibility index (Phi) is 4.82. The topological polar surface area (TPSA) is 46.5 Å². The van der Waals surface area contributed by atoms with E-state index < -0.39 is 5.97 Å². The summed E-state index contributed by atoms with van der Waals surface area (Å²) in [6.07, 6.45) is 2.59. The first kappa shape index (κ1) is 14.6. The number of rotatable bonds is 4. The molecule has 5 heteroatoms. The summed E-state index contributed by atoms with van der Waals surface area (Å²) in [5.74, 6) is 0.271. The highest BCUT2D eigenvalue weighted by Gasteiger charge is 2.04. The highest BCUT2D eigenvalue weighted by molar-refractivity contribution is 9.10. The van der Waals surface area contributed by atoms with Crippen molar-refractivity contribution in [1.29, 1.82) is 0 Å². The molecule has 0 radical (unpaired) electrons. The number of carbonyl (C=O) groups is 1. The average Bonchev–Trinajstić information content (AvgIpc) is 2.39. The fourth-order valence-corrected chi connectivity index (χ4v) is 2.19. The normalized spacial score (nSPS) is 10.7. The van der Waals surface area contributed by atoms with Gasteiger partial charge in [-0.05, 0) is 57.9 Å². The predicted molar refractivity (Wildman–Crippen MR) is 82.3 cm³/mol. The molecule has 0 heterocycles. The minimum absolute atomic E-state index is 0.597. The maximum atomic E-state index is 10.5. The van der Waals surface area contributed by atoms with Gasteiger partial charge in [0, 0.05) is 11.1 Å². The van der Waals surface area contributed by atoms with Crippen molar-refractivity contribution in [3.63, 3.8) is 0 Å². The van der Waals surface area contributed by atoms with Crippen LogP contribution in [0.2, 0.25) is 5.02 Å².